The first kappa shape index (κ1) is 12.3. The standard InChI is InChI=1S/C13H15BrO/c1-13(15,9-5-11-14)10-8-12-6-3-2-4-7-12/h2-4,6-7,15H,5,9,11H2,1H3. The summed E-state index contributed by atoms with van der Waals surface area (Å²) >= 11 is 3.34. The summed E-state index contributed by atoms with van der Waals surface area (Å²) in [5.41, 5.74) is 0.0560. The molecule has 1 aromatic carbocycles. The van der Waals surface area contributed by atoms with Crippen LogP contribution in [0, 0.1) is 11.8 Å². The van der Waals surface area contributed by atoms with Gasteiger partial charge >= 0.3 is 0 Å². The normalized spacial score (nSPS) is 13.8. The van der Waals surface area contributed by atoms with Crippen LogP contribution in [0.2, 0.25) is 0 Å². The van der Waals surface area contributed by atoms with Gasteiger partial charge in [-0.3, -0.25) is 0 Å². The minimum Gasteiger partial charge on any atom is -0.378 e. The first-order chi connectivity index (χ1) is 7.14. The summed E-state index contributed by atoms with van der Waals surface area (Å²) in [4.78, 5) is 0. The molecule has 0 saturated carbocycles. The van der Waals surface area contributed by atoms with Crippen LogP contribution in [0.3, 0.4) is 0 Å². The maximum atomic E-state index is 9.91. The average Bonchev–Trinajstić information content (AvgIpc) is 2.25. The molecule has 0 spiro atoms. The summed E-state index contributed by atoms with van der Waals surface area (Å²) in [7, 11) is 0. The van der Waals surface area contributed by atoms with Crippen molar-refractivity contribution in [2.45, 2.75) is 25.4 Å². The fraction of sp³-hybridized carbons (Fsp3) is 0.385. The average molecular weight is 267 g/mol. The van der Waals surface area contributed by atoms with E-state index >= 15 is 0 Å². The van der Waals surface area contributed by atoms with Gasteiger partial charge in [0.15, 0.2) is 0 Å². The van der Waals surface area contributed by atoms with Crippen molar-refractivity contribution in [1.29, 1.82) is 0 Å². The van der Waals surface area contributed by atoms with Gasteiger partial charge < -0.3 is 5.11 Å². The quantitative estimate of drug-likeness (QED) is 0.659. The molecule has 0 heterocycles. The second-order valence-electron chi connectivity index (χ2n) is 3.68. The van der Waals surface area contributed by atoms with Crippen molar-refractivity contribution in [1.82, 2.24) is 0 Å². The Bertz CT molecular complexity index is 346. The lowest BCUT2D eigenvalue weighted by Crippen LogP contribution is -2.21. The van der Waals surface area contributed by atoms with Gasteiger partial charge in [-0.05, 0) is 31.9 Å². The summed E-state index contributed by atoms with van der Waals surface area (Å²) in [6.45, 7) is 1.76. The minimum atomic E-state index is -0.885. The molecular formula is C13H15BrO. The molecule has 0 radical (unpaired) electrons. The lowest BCUT2D eigenvalue weighted by molar-refractivity contribution is 0.112. The predicted octanol–water partition coefficient (Wildman–Crippen LogP) is 2.96. The zero-order valence-corrected chi connectivity index (χ0v) is 10.4. The van der Waals surface area contributed by atoms with E-state index in [1.807, 2.05) is 30.3 Å². The number of aliphatic hydroxyl groups is 1. The maximum absolute atomic E-state index is 9.91. The van der Waals surface area contributed by atoms with E-state index in [4.69, 9.17) is 0 Å². The van der Waals surface area contributed by atoms with Crippen LogP contribution in [-0.4, -0.2) is 16.0 Å². The second kappa shape index (κ2) is 5.95. The second-order valence-corrected chi connectivity index (χ2v) is 4.48. The van der Waals surface area contributed by atoms with Gasteiger partial charge in [0.2, 0.25) is 0 Å². The largest absolute Gasteiger partial charge is 0.378 e. The molecule has 15 heavy (non-hydrogen) atoms. The first-order valence-electron chi connectivity index (χ1n) is 5.01. The molecule has 0 aliphatic rings. The SMILES string of the molecule is CC(O)(C#Cc1ccccc1)CCCBr. The van der Waals surface area contributed by atoms with Crippen LogP contribution in [0.15, 0.2) is 30.3 Å². The molecule has 1 nitrogen and oxygen atoms in total. The van der Waals surface area contributed by atoms with Crippen LogP contribution in [0.5, 0.6) is 0 Å². The Hall–Kier alpha value is -0.780. The Morgan fingerprint density at radius 3 is 2.60 bits per heavy atom. The molecule has 0 bridgehead atoms. The van der Waals surface area contributed by atoms with Gasteiger partial charge in [0.1, 0.15) is 5.60 Å². The molecule has 1 atom stereocenters. The van der Waals surface area contributed by atoms with Crippen molar-refractivity contribution in [2.75, 3.05) is 5.33 Å². The number of rotatable bonds is 3. The monoisotopic (exact) mass is 266 g/mol. The van der Waals surface area contributed by atoms with Gasteiger partial charge in [0.05, 0.1) is 0 Å². The third-order valence-electron chi connectivity index (χ3n) is 2.05. The zero-order valence-electron chi connectivity index (χ0n) is 8.83. The topological polar surface area (TPSA) is 20.2 Å². The predicted molar refractivity (Wildman–Crippen MR) is 67.0 cm³/mol. The summed E-state index contributed by atoms with van der Waals surface area (Å²) in [6.07, 6.45) is 1.62. The van der Waals surface area contributed by atoms with Crippen molar-refractivity contribution in [3.05, 3.63) is 35.9 Å². The summed E-state index contributed by atoms with van der Waals surface area (Å²) in [5, 5.41) is 10.8. The van der Waals surface area contributed by atoms with Gasteiger partial charge in [-0.25, -0.2) is 0 Å². The fourth-order valence-electron chi connectivity index (χ4n) is 1.20. The lowest BCUT2D eigenvalue weighted by Gasteiger charge is -2.14. The van der Waals surface area contributed by atoms with Gasteiger partial charge in [0.25, 0.3) is 0 Å². The van der Waals surface area contributed by atoms with Crippen LogP contribution >= 0.6 is 15.9 Å². The van der Waals surface area contributed by atoms with Crippen molar-refractivity contribution in [2.24, 2.45) is 0 Å². The molecule has 0 fully saturated rings. The van der Waals surface area contributed by atoms with Crippen molar-refractivity contribution in [3.8, 4) is 11.8 Å². The molecule has 0 amide bonds. The van der Waals surface area contributed by atoms with Crippen molar-refractivity contribution >= 4 is 15.9 Å². The van der Waals surface area contributed by atoms with Crippen molar-refractivity contribution < 1.29 is 5.11 Å². The van der Waals surface area contributed by atoms with E-state index < -0.39 is 5.60 Å². The number of benzene rings is 1. The summed E-state index contributed by atoms with van der Waals surface area (Å²) in [6, 6.07) is 9.71. The Morgan fingerprint density at radius 1 is 1.33 bits per heavy atom. The molecule has 80 valence electrons. The van der Waals surface area contributed by atoms with E-state index in [9.17, 15) is 5.11 Å². The third-order valence-corrected chi connectivity index (χ3v) is 2.61. The highest BCUT2D eigenvalue weighted by Gasteiger charge is 2.15. The smallest absolute Gasteiger partial charge is 0.123 e. The first-order valence-corrected chi connectivity index (χ1v) is 6.13. The maximum Gasteiger partial charge on any atom is 0.123 e. The van der Waals surface area contributed by atoms with Gasteiger partial charge in [-0.2, -0.15) is 0 Å². The molecule has 0 aliphatic heterocycles. The molecule has 0 saturated heterocycles. The summed E-state index contributed by atoms with van der Waals surface area (Å²) in [5.74, 6) is 5.87. The number of hydrogen-bond acceptors (Lipinski definition) is 1. The van der Waals surface area contributed by atoms with E-state index in [1.54, 1.807) is 6.92 Å². The Labute approximate surface area is 99.6 Å². The minimum absolute atomic E-state index is 0.693. The van der Waals surface area contributed by atoms with Crippen molar-refractivity contribution in [3.63, 3.8) is 0 Å². The van der Waals surface area contributed by atoms with Gasteiger partial charge in [-0.1, -0.05) is 46.0 Å². The van der Waals surface area contributed by atoms with E-state index in [0.717, 1.165) is 17.3 Å². The van der Waals surface area contributed by atoms with Crippen LogP contribution in [-0.2, 0) is 0 Å². The molecule has 1 aromatic rings. The highest BCUT2D eigenvalue weighted by Crippen LogP contribution is 2.11. The molecule has 1 N–H and O–H groups in total. The highest BCUT2D eigenvalue weighted by molar-refractivity contribution is 9.09. The molecule has 2 heteroatoms. The molecule has 0 aliphatic carbocycles. The molecule has 0 aromatic heterocycles. The Kier molecular flexibility index (Phi) is 4.87. The molecule has 1 unspecified atom stereocenters. The van der Waals surface area contributed by atoms with Gasteiger partial charge in [-0.15, -0.1) is 0 Å². The zero-order chi connectivity index (χ0) is 11.1. The van der Waals surface area contributed by atoms with E-state index in [1.165, 1.54) is 0 Å². The van der Waals surface area contributed by atoms with Gasteiger partial charge in [0, 0.05) is 10.9 Å². The lowest BCUT2D eigenvalue weighted by atomic mass is 10.0. The van der Waals surface area contributed by atoms with E-state index in [2.05, 4.69) is 27.8 Å². The third kappa shape index (κ3) is 5.01. The number of hydrogen-bond donors (Lipinski definition) is 1. The number of halogens is 1. The molecule has 1 rings (SSSR count). The molecular weight excluding hydrogens is 252 g/mol. The van der Waals surface area contributed by atoms with Crippen LogP contribution in [0.25, 0.3) is 0 Å². The van der Waals surface area contributed by atoms with Crippen LogP contribution in [0.4, 0.5) is 0 Å². The Morgan fingerprint density at radius 2 is 2.00 bits per heavy atom. The highest BCUT2D eigenvalue weighted by atomic mass is 79.9. The Balaban J connectivity index is 2.64. The summed E-state index contributed by atoms with van der Waals surface area (Å²) < 4.78 is 0. The van der Waals surface area contributed by atoms with E-state index in [-0.39, 0.29) is 0 Å². The van der Waals surface area contributed by atoms with E-state index in [0.29, 0.717) is 6.42 Å². The van der Waals surface area contributed by atoms with Crippen LogP contribution < -0.4 is 0 Å². The number of alkyl halides is 1. The fourth-order valence-corrected chi connectivity index (χ4v) is 1.48. The van der Waals surface area contributed by atoms with Crippen LogP contribution in [0.1, 0.15) is 25.3 Å².